The van der Waals surface area contributed by atoms with E-state index < -0.39 is 17.8 Å². The highest BCUT2D eigenvalue weighted by Gasteiger charge is 2.20. The molecule has 2 N–H and O–H groups in total. The molecule has 2 aromatic rings. The Morgan fingerprint density at radius 2 is 2.09 bits per heavy atom. The summed E-state index contributed by atoms with van der Waals surface area (Å²) in [5.74, 6) is -1.12. The van der Waals surface area contributed by atoms with Crippen LogP contribution >= 0.6 is 24.4 Å². The van der Waals surface area contributed by atoms with E-state index in [2.05, 4.69) is 33.4 Å². The van der Waals surface area contributed by atoms with Crippen LogP contribution < -0.4 is 5.32 Å². The van der Waals surface area contributed by atoms with Crippen LogP contribution in [0.15, 0.2) is 35.2 Å². The molecule has 1 aromatic carbocycles. The van der Waals surface area contributed by atoms with Crippen molar-refractivity contribution in [2.24, 2.45) is 0 Å². The Morgan fingerprint density at radius 1 is 1.36 bits per heavy atom. The number of nitrogens with zero attached hydrogens (tertiary/aromatic N) is 4. The van der Waals surface area contributed by atoms with Crippen LogP contribution in [0.5, 0.6) is 0 Å². The molecule has 2 rings (SSSR count). The highest BCUT2D eigenvalue weighted by Crippen LogP contribution is 2.24. The molecule has 0 saturated heterocycles. The van der Waals surface area contributed by atoms with Crippen molar-refractivity contribution in [1.82, 2.24) is 20.2 Å². The van der Waals surface area contributed by atoms with Crippen LogP contribution in [0.4, 0.5) is 5.95 Å². The predicted molar refractivity (Wildman–Crippen MR) is 84.0 cm³/mol. The summed E-state index contributed by atoms with van der Waals surface area (Å²) in [5, 5.41) is 21.6. The first-order valence-corrected chi connectivity index (χ1v) is 7.72. The number of thiol groups is 1. The van der Waals surface area contributed by atoms with Gasteiger partial charge in [0.05, 0.1) is 5.25 Å². The highest BCUT2D eigenvalue weighted by molar-refractivity contribution is 8.01. The summed E-state index contributed by atoms with van der Waals surface area (Å²) in [5.41, 5.74) is 0. The Balaban J connectivity index is 1.97. The van der Waals surface area contributed by atoms with Crippen LogP contribution in [0.25, 0.3) is 0 Å². The van der Waals surface area contributed by atoms with Gasteiger partial charge in [0.2, 0.25) is 5.91 Å². The monoisotopic (exact) mass is 339 g/mol. The third-order valence-electron chi connectivity index (χ3n) is 2.44. The van der Waals surface area contributed by atoms with Crippen molar-refractivity contribution in [2.75, 3.05) is 11.1 Å². The molecule has 0 aliphatic carbocycles. The quantitative estimate of drug-likeness (QED) is 0.505. The SMILES string of the molecule is O=C(O)Cn1nnc(NC(=O)C(CS)Sc2ccccc2)n1. The fourth-order valence-corrected chi connectivity index (χ4v) is 2.78. The second-order valence-electron chi connectivity index (χ2n) is 4.13. The number of thioether (sulfide) groups is 1. The van der Waals surface area contributed by atoms with Gasteiger partial charge in [0.15, 0.2) is 6.54 Å². The fourth-order valence-electron chi connectivity index (χ4n) is 1.51. The molecule has 10 heteroatoms. The molecule has 0 aliphatic rings. The molecule has 8 nitrogen and oxygen atoms in total. The first-order chi connectivity index (χ1) is 10.6. The molecule has 1 heterocycles. The summed E-state index contributed by atoms with van der Waals surface area (Å²) in [6.07, 6.45) is 0. The standard InChI is InChI=1S/C12H13N5O3S2/c18-10(19)6-17-15-12(14-16-17)13-11(20)9(7-21)22-8-4-2-1-3-5-8/h1-5,9,21H,6-7H2,(H,18,19)(H,13,15,20). The number of nitrogens with one attached hydrogen (secondary N) is 1. The number of carbonyl (C=O) groups is 2. The van der Waals surface area contributed by atoms with Gasteiger partial charge >= 0.3 is 5.97 Å². The molecule has 0 fully saturated rings. The van der Waals surface area contributed by atoms with E-state index in [0.29, 0.717) is 5.75 Å². The van der Waals surface area contributed by atoms with E-state index in [1.165, 1.54) is 11.8 Å². The number of hydrogen-bond acceptors (Lipinski definition) is 7. The van der Waals surface area contributed by atoms with Crippen molar-refractivity contribution in [3.63, 3.8) is 0 Å². The van der Waals surface area contributed by atoms with Crippen molar-refractivity contribution in [1.29, 1.82) is 0 Å². The number of tetrazole rings is 1. The molecule has 0 bridgehead atoms. The normalized spacial score (nSPS) is 11.9. The summed E-state index contributed by atoms with van der Waals surface area (Å²) in [6.45, 7) is -0.419. The number of hydrogen-bond donors (Lipinski definition) is 3. The van der Waals surface area contributed by atoms with Gasteiger partial charge in [-0.2, -0.15) is 17.4 Å². The van der Waals surface area contributed by atoms with Crippen molar-refractivity contribution in [3.05, 3.63) is 30.3 Å². The van der Waals surface area contributed by atoms with Crippen molar-refractivity contribution in [2.45, 2.75) is 16.7 Å². The number of aromatic nitrogens is 4. The first-order valence-electron chi connectivity index (χ1n) is 6.21. The van der Waals surface area contributed by atoms with Crippen LogP contribution in [0.1, 0.15) is 0 Å². The number of carbonyl (C=O) groups excluding carboxylic acids is 1. The second kappa shape index (κ2) is 7.80. The molecule has 1 aromatic heterocycles. The van der Waals surface area contributed by atoms with Gasteiger partial charge in [-0.05, 0) is 17.3 Å². The number of benzene rings is 1. The molecule has 1 unspecified atom stereocenters. The molecule has 116 valence electrons. The Hall–Kier alpha value is -2.07. The summed E-state index contributed by atoms with van der Waals surface area (Å²) >= 11 is 5.55. The Kier molecular flexibility index (Phi) is 5.78. The molecule has 0 spiro atoms. The zero-order valence-electron chi connectivity index (χ0n) is 11.3. The number of carboxylic acids is 1. The minimum atomic E-state index is -1.09. The zero-order valence-corrected chi connectivity index (χ0v) is 13.0. The van der Waals surface area contributed by atoms with Gasteiger partial charge in [0.25, 0.3) is 5.95 Å². The van der Waals surface area contributed by atoms with Gasteiger partial charge in [-0.1, -0.05) is 23.3 Å². The molecular weight excluding hydrogens is 326 g/mol. The zero-order chi connectivity index (χ0) is 15.9. The molecular formula is C12H13N5O3S2. The Bertz CT molecular complexity index is 649. The maximum Gasteiger partial charge on any atom is 0.327 e. The van der Waals surface area contributed by atoms with E-state index >= 15 is 0 Å². The number of carboxylic acid groups (broad SMARTS) is 1. The highest BCUT2D eigenvalue weighted by atomic mass is 32.2. The second-order valence-corrected chi connectivity index (χ2v) is 5.77. The first kappa shape index (κ1) is 16.3. The van der Waals surface area contributed by atoms with Gasteiger partial charge in [-0.25, -0.2) is 0 Å². The lowest BCUT2D eigenvalue weighted by Crippen LogP contribution is -2.27. The van der Waals surface area contributed by atoms with E-state index in [1.54, 1.807) is 0 Å². The van der Waals surface area contributed by atoms with Gasteiger partial charge < -0.3 is 5.11 Å². The summed E-state index contributed by atoms with van der Waals surface area (Å²) in [4.78, 5) is 24.5. The van der Waals surface area contributed by atoms with E-state index in [9.17, 15) is 9.59 Å². The van der Waals surface area contributed by atoms with E-state index in [4.69, 9.17) is 5.11 Å². The third-order valence-corrected chi connectivity index (χ3v) is 4.27. The number of anilines is 1. The molecule has 0 saturated carbocycles. The predicted octanol–water partition coefficient (Wildman–Crippen LogP) is 0.787. The molecule has 1 atom stereocenters. The summed E-state index contributed by atoms with van der Waals surface area (Å²) in [6, 6.07) is 9.46. The number of rotatable bonds is 7. The van der Waals surface area contributed by atoms with E-state index in [-0.39, 0.29) is 11.9 Å². The lowest BCUT2D eigenvalue weighted by molar-refractivity contribution is -0.138. The smallest absolute Gasteiger partial charge is 0.327 e. The maximum atomic E-state index is 12.2. The van der Waals surface area contributed by atoms with Crippen LogP contribution in [0.3, 0.4) is 0 Å². The van der Waals surface area contributed by atoms with E-state index in [1.807, 2.05) is 30.3 Å². The lowest BCUT2D eigenvalue weighted by atomic mass is 10.4. The van der Waals surface area contributed by atoms with Crippen LogP contribution in [0.2, 0.25) is 0 Å². The number of amides is 1. The van der Waals surface area contributed by atoms with Crippen LogP contribution in [0, 0.1) is 0 Å². The maximum absolute atomic E-state index is 12.2. The summed E-state index contributed by atoms with van der Waals surface area (Å²) < 4.78 is 0. The Labute approximate surface area is 135 Å². The lowest BCUT2D eigenvalue weighted by Gasteiger charge is -2.12. The van der Waals surface area contributed by atoms with Crippen LogP contribution in [-0.2, 0) is 16.1 Å². The van der Waals surface area contributed by atoms with E-state index in [0.717, 1.165) is 9.69 Å². The average molecular weight is 339 g/mol. The van der Waals surface area contributed by atoms with Gasteiger partial charge in [0.1, 0.15) is 0 Å². The topological polar surface area (TPSA) is 110 Å². The van der Waals surface area contributed by atoms with Gasteiger partial charge in [0, 0.05) is 10.6 Å². The van der Waals surface area contributed by atoms with Crippen molar-refractivity contribution >= 4 is 42.2 Å². The van der Waals surface area contributed by atoms with Gasteiger partial charge in [-0.3, -0.25) is 14.9 Å². The van der Waals surface area contributed by atoms with Gasteiger partial charge in [-0.15, -0.1) is 16.9 Å². The minimum Gasteiger partial charge on any atom is -0.480 e. The molecule has 22 heavy (non-hydrogen) atoms. The molecule has 1 amide bonds. The Morgan fingerprint density at radius 3 is 2.73 bits per heavy atom. The fraction of sp³-hybridized carbons (Fsp3) is 0.250. The summed E-state index contributed by atoms with van der Waals surface area (Å²) in [7, 11) is 0. The minimum absolute atomic E-state index is 0.0355. The molecule has 0 radical (unpaired) electrons. The van der Waals surface area contributed by atoms with Crippen molar-refractivity contribution in [3.8, 4) is 0 Å². The van der Waals surface area contributed by atoms with Crippen molar-refractivity contribution < 1.29 is 14.7 Å². The third kappa shape index (κ3) is 4.74. The van der Waals surface area contributed by atoms with Crippen LogP contribution in [-0.4, -0.2) is 48.2 Å². The largest absolute Gasteiger partial charge is 0.480 e. The molecule has 0 aliphatic heterocycles. The number of aliphatic carboxylic acids is 1. The average Bonchev–Trinajstić information content (AvgIpc) is 2.92.